The van der Waals surface area contributed by atoms with Crippen molar-refractivity contribution < 1.29 is 14.3 Å². The van der Waals surface area contributed by atoms with E-state index >= 15 is 0 Å². The summed E-state index contributed by atoms with van der Waals surface area (Å²) < 4.78 is 7.09. The minimum atomic E-state index is -0.948. The highest BCUT2D eigenvalue weighted by Gasteiger charge is 2.26. The molecule has 0 radical (unpaired) electrons. The summed E-state index contributed by atoms with van der Waals surface area (Å²) in [4.78, 5) is 28.6. The molecule has 3 rings (SSSR count). The zero-order valence-corrected chi connectivity index (χ0v) is 16.1. The molecule has 7 heteroatoms. The molecular formula is C18H14BrClN2O3. The number of imidazole rings is 1. The van der Waals surface area contributed by atoms with E-state index in [4.69, 9.17) is 11.6 Å². The van der Waals surface area contributed by atoms with Crippen LogP contribution in [-0.2, 0) is 9.53 Å². The van der Waals surface area contributed by atoms with Crippen LogP contribution in [0.3, 0.4) is 0 Å². The van der Waals surface area contributed by atoms with Gasteiger partial charge in [0.1, 0.15) is 10.8 Å². The number of ether oxygens (including phenoxy) is 1. The monoisotopic (exact) mass is 420 g/mol. The van der Waals surface area contributed by atoms with Crippen LogP contribution < -0.4 is 0 Å². The lowest BCUT2D eigenvalue weighted by Crippen LogP contribution is -2.19. The first kappa shape index (κ1) is 17.6. The van der Waals surface area contributed by atoms with Gasteiger partial charge in [0.2, 0.25) is 0 Å². The van der Waals surface area contributed by atoms with E-state index < -0.39 is 11.8 Å². The molecule has 0 fully saturated rings. The second-order valence-electron chi connectivity index (χ2n) is 5.57. The summed E-state index contributed by atoms with van der Waals surface area (Å²) in [5.74, 6) is -1.72. The van der Waals surface area contributed by atoms with E-state index in [9.17, 15) is 9.59 Å². The molecule has 128 valence electrons. The summed E-state index contributed by atoms with van der Waals surface area (Å²) in [5.41, 5.74) is 3.79. The van der Waals surface area contributed by atoms with E-state index in [1.54, 1.807) is 17.5 Å². The molecule has 0 aliphatic carbocycles. The van der Waals surface area contributed by atoms with Gasteiger partial charge in [0.05, 0.1) is 18.4 Å². The molecule has 0 saturated heterocycles. The number of benzene rings is 1. The molecule has 5 nitrogen and oxygen atoms in total. The van der Waals surface area contributed by atoms with Crippen LogP contribution in [0.15, 0.2) is 34.9 Å². The van der Waals surface area contributed by atoms with E-state index in [-0.39, 0.29) is 10.7 Å². The molecular weight excluding hydrogens is 408 g/mol. The Bertz CT molecular complexity index is 1030. The van der Waals surface area contributed by atoms with Crippen LogP contribution in [0.1, 0.15) is 21.5 Å². The number of ketones is 1. The van der Waals surface area contributed by atoms with Gasteiger partial charge >= 0.3 is 5.97 Å². The number of nitrogens with zero attached hydrogens (tertiary/aromatic N) is 2. The molecule has 0 bridgehead atoms. The van der Waals surface area contributed by atoms with Crippen molar-refractivity contribution in [2.75, 3.05) is 7.11 Å². The van der Waals surface area contributed by atoms with Gasteiger partial charge in [-0.3, -0.25) is 9.20 Å². The molecule has 2 aromatic heterocycles. The lowest BCUT2D eigenvalue weighted by Gasteiger charge is -2.11. The van der Waals surface area contributed by atoms with Crippen molar-refractivity contribution in [3.05, 3.63) is 56.8 Å². The fourth-order valence-electron chi connectivity index (χ4n) is 2.67. The van der Waals surface area contributed by atoms with E-state index in [0.717, 1.165) is 22.7 Å². The molecule has 0 unspecified atom stereocenters. The number of fused-ring (bicyclic) bond motifs is 1. The Morgan fingerprint density at radius 1 is 1.24 bits per heavy atom. The van der Waals surface area contributed by atoms with Crippen LogP contribution in [0.5, 0.6) is 0 Å². The molecule has 0 N–H and O–H groups in total. The number of pyridine rings is 1. The molecule has 0 aliphatic rings. The summed E-state index contributed by atoms with van der Waals surface area (Å²) in [7, 11) is 1.16. The van der Waals surface area contributed by atoms with Crippen molar-refractivity contribution in [2.45, 2.75) is 13.8 Å². The standard InChI is InChI=1S/C18H14BrClN2O3/c1-9-10(2)17-21-13(11-5-4-6-12(19)7-11)8-22(17)16(20)14(9)15(23)18(24)25-3/h4-8H,1-3H3. The zero-order valence-electron chi connectivity index (χ0n) is 13.8. The first-order valence-electron chi connectivity index (χ1n) is 7.41. The number of halogens is 2. The minimum absolute atomic E-state index is 0.136. The highest BCUT2D eigenvalue weighted by atomic mass is 79.9. The maximum atomic E-state index is 12.3. The van der Waals surface area contributed by atoms with Gasteiger partial charge in [-0.05, 0) is 37.1 Å². The Kier molecular flexibility index (Phi) is 4.67. The Hall–Kier alpha value is -2.18. The largest absolute Gasteiger partial charge is 0.463 e. The maximum absolute atomic E-state index is 12.3. The van der Waals surface area contributed by atoms with Crippen LogP contribution in [0.4, 0.5) is 0 Å². The number of esters is 1. The second kappa shape index (κ2) is 6.61. The maximum Gasteiger partial charge on any atom is 0.379 e. The average Bonchev–Trinajstić information content (AvgIpc) is 3.05. The fraction of sp³-hybridized carbons (Fsp3) is 0.167. The summed E-state index contributed by atoms with van der Waals surface area (Å²) in [6.07, 6.45) is 1.75. The highest BCUT2D eigenvalue weighted by molar-refractivity contribution is 9.10. The molecule has 0 saturated carbocycles. The molecule has 0 aliphatic heterocycles. The predicted octanol–water partition coefficient (Wildman–Crippen LogP) is 4.39. The van der Waals surface area contributed by atoms with Crippen molar-refractivity contribution in [2.24, 2.45) is 0 Å². The Morgan fingerprint density at radius 2 is 1.96 bits per heavy atom. The van der Waals surface area contributed by atoms with Crippen LogP contribution in [0, 0.1) is 13.8 Å². The number of aryl methyl sites for hydroxylation is 1. The number of carbonyl (C=O) groups is 2. The smallest absolute Gasteiger partial charge is 0.379 e. The van der Waals surface area contributed by atoms with Gasteiger partial charge in [0, 0.05) is 16.2 Å². The van der Waals surface area contributed by atoms with E-state index in [0.29, 0.717) is 16.9 Å². The number of hydrogen-bond donors (Lipinski definition) is 0. The Morgan fingerprint density at radius 3 is 2.60 bits per heavy atom. The normalized spacial score (nSPS) is 10.9. The van der Waals surface area contributed by atoms with Crippen LogP contribution in [0.2, 0.25) is 5.15 Å². The molecule has 1 aromatic carbocycles. The molecule has 0 atom stereocenters. The lowest BCUT2D eigenvalue weighted by atomic mass is 10.0. The Labute approximate surface area is 157 Å². The van der Waals surface area contributed by atoms with Gasteiger partial charge in [0.15, 0.2) is 0 Å². The van der Waals surface area contributed by atoms with Gasteiger partial charge in [-0.15, -0.1) is 0 Å². The van der Waals surface area contributed by atoms with Gasteiger partial charge in [0.25, 0.3) is 5.78 Å². The lowest BCUT2D eigenvalue weighted by molar-refractivity contribution is -0.135. The first-order valence-corrected chi connectivity index (χ1v) is 8.58. The van der Waals surface area contributed by atoms with Crippen LogP contribution >= 0.6 is 27.5 Å². The van der Waals surface area contributed by atoms with E-state index in [1.165, 1.54) is 0 Å². The third kappa shape index (κ3) is 2.96. The summed E-state index contributed by atoms with van der Waals surface area (Å²) in [6, 6.07) is 7.71. The van der Waals surface area contributed by atoms with Crippen molar-refractivity contribution in [1.29, 1.82) is 0 Å². The van der Waals surface area contributed by atoms with E-state index in [2.05, 4.69) is 25.7 Å². The highest BCUT2D eigenvalue weighted by Crippen LogP contribution is 2.30. The summed E-state index contributed by atoms with van der Waals surface area (Å²) >= 11 is 9.87. The third-order valence-corrected chi connectivity index (χ3v) is 4.98. The quantitative estimate of drug-likeness (QED) is 0.272. The van der Waals surface area contributed by atoms with Gasteiger partial charge in [-0.25, -0.2) is 9.78 Å². The van der Waals surface area contributed by atoms with Gasteiger partial charge < -0.3 is 4.74 Å². The van der Waals surface area contributed by atoms with E-state index in [1.807, 2.05) is 31.2 Å². The second-order valence-corrected chi connectivity index (χ2v) is 6.84. The van der Waals surface area contributed by atoms with Crippen molar-refractivity contribution in [1.82, 2.24) is 9.38 Å². The molecule has 3 aromatic rings. The molecule has 0 spiro atoms. The number of methoxy groups -OCH3 is 1. The molecule has 25 heavy (non-hydrogen) atoms. The average molecular weight is 422 g/mol. The van der Waals surface area contributed by atoms with Crippen molar-refractivity contribution >= 4 is 44.9 Å². The third-order valence-electron chi connectivity index (χ3n) is 4.11. The topological polar surface area (TPSA) is 60.7 Å². The zero-order chi connectivity index (χ0) is 18.3. The van der Waals surface area contributed by atoms with Crippen LogP contribution in [0.25, 0.3) is 16.9 Å². The molecule has 0 amide bonds. The van der Waals surface area contributed by atoms with Gasteiger partial charge in [-0.1, -0.05) is 39.7 Å². The van der Waals surface area contributed by atoms with Crippen molar-refractivity contribution in [3.8, 4) is 11.3 Å². The fourth-order valence-corrected chi connectivity index (χ4v) is 3.43. The number of hydrogen-bond acceptors (Lipinski definition) is 4. The van der Waals surface area contributed by atoms with Crippen LogP contribution in [-0.4, -0.2) is 28.2 Å². The predicted molar refractivity (Wildman–Crippen MR) is 99.2 cm³/mol. The van der Waals surface area contributed by atoms with Gasteiger partial charge in [-0.2, -0.15) is 0 Å². The number of Topliss-reactive ketones (excluding diaryl/α,β-unsaturated/α-hetero) is 1. The first-order chi connectivity index (χ1) is 11.8. The van der Waals surface area contributed by atoms with Crippen molar-refractivity contribution in [3.63, 3.8) is 0 Å². The number of rotatable bonds is 3. The number of carbonyl (C=O) groups excluding carboxylic acids is 2. The Balaban J connectivity index is 2.27. The number of aromatic nitrogens is 2. The molecule has 2 heterocycles. The minimum Gasteiger partial charge on any atom is -0.463 e. The summed E-state index contributed by atoms with van der Waals surface area (Å²) in [6.45, 7) is 3.58. The SMILES string of the molecule is COC(=O)C(=O)c1c(C)c(C)c2nc(-c3cccc(Br)c3)cn2c1Cl. The summed E-state index contributed by atoms with van der Waals surface area (Å²) in [5, 5.41) is 0.141.